The van der Waals surface area contributed by atoms with E-state index in [-0.39, 0.29) is 18.5 Å². The van der Waals surface area contributed by atoms with E-state index in [0.29, 0.717) is 10.7 Å². The topological polar surface area (TPSA) is 86.8 Å². The van der Waals surface area contributed by atoms with Crippen molar-refractivity contribution >= 4 is 49.9 Å². The maximum Gasteiger partial charge on any atom is 0.244 e. The number of anilines is 1. The van der Waals surface area contributed by atoms with Gasteiger partial charge in [-0.15, -0.1) is 0 Å². The van der Waals surface area contributed by atoms with Crippen molar-refractivity contribution in [1.29, 1.82) is 0 Å². The van der Waals surface area contributed by atoms with Crippen molar-refractivity contribution in [2.75, 3.05) is 17.1 Å². The van der Waals surface area contributed by atoms with Crippen LogP contribution in [0.1, 0.15) is 38.2 Å². The largest absolute Gasteiger partial charge is 0.352 e. The molecule has 0 spiro atoms. The Morgan fingerprint density at radius 2 is 1.65 bits per heavy atom. The summed E-state index contributed by atoms with van der Waals surface area (Å²) >= 11 is 6.04. The Bertz CT molecular complexity index is 1370. The van der Waals surface area contributed by atoms with Crippen molar-refractivity contribution in [2.45, 2.75) is 51.2 Å². The molecule has 1 unspecified atom stereocenters. The lowest BCUT2D eigenvalue weighted by Crippen LogP contribution is -2.52. The summed E-state index contributed by atoms with van der Waals surface area (Å²) in [5, 5.41) is 5.21. The predicted molar refractivity (Wildman–Crippen MR) is 148 cm³/mol. The van der Waals surface area contributed by atoms with Gasteiger partial charge < -0.3 is 10.2 Å². The van der Waals surface area contributed by atoms with E-state index in [2.05, 4.69) is 5.32 Å². The second-order valence-corrected chi connectivity index (χ2v) is 11.9. The smallest absolute Gasteiger partial charge is 0.244 e. The van der Waals surface area contributed by atoms with Crippen LogP contribution in [0.2, 0.25) is 5.02 Å². The van der Waals surface area contributed by atoms with Crippen molar-refractivity contribution in [3.8, 4) is 0 Å². The monoisotopic (exact) mass is 541 g/mol. The molecule has 3 aromatic rings. The number of fused-ring (bicyclic) bond motifs is 1. The molecule has 1 atom stereocenters. The molecule has 1 aliphatic carbocycles. The van der Waals surface area contributed by atoms with Gasteiger partial charge in [-0.3, -0.25) is 13.9 Å². The summed E-state index contributed by atoms with van der Waals surface area (Å²) in [6.07, 6.45) is 5.07. The Morgan fingerprint density at radius 1 is 1.00 bits per heavy atom. The van der Waals surface area contributed by atoms with Gasteiger partial charge in [0.15, 0.2) is 0 Å². The molecule has 3 aromatic carbocycles. The number of amides is 2. The molecular weight excluding hydrogens is 510 g/mol. The Labute approximate surface area is 223 Å². The summed E-state index contributed by atoms with van der Waals surface area (Å²) in [5.41, 5.74) is 1.21. The summed E-state index contributed by atoms with van der Waals surface area (Å²) < 4.78 is 27.0. The maximum atomic E-state index is 13.8. The van der Waals surface area contributed by atoms with Crippen molar-refractivity contribution in [2.24, 2.45) is 0 Å². The first-order valence-electron chi connectivity index (χ1n) is 12.4. The number of hydrogen-bond acceptors (Lipinski definition) is 4. The van der Waals surface area contributed by atoms with Crippen molar-refractivity contribution in [3.05, 3.63) is 77.3 Å². The van der Waals surface area contributed by atoms with E-state index in [0.717, 1.165) is 52.6 Å². The van der Waals surface area contributed by atoms with Crippen LogP contribution in [0.3, 0.4) is 0 Å². The van der Waals surface area contributed by atoms with Gasteiger partial charge in [0.2, 0.25) is 21.8 Å². The van der Waals surface area contributed by atoms with Gasteiger partial charge in [0.1, 0.15) is 12.6 Å². The standard InChI is InChI=1S/C28H32ClN3O4S/c1-20(28(34)30-24-10-4-5-11-24)31(18-21-14-16-23(29)17-15-21)27(33)19-32(37(2,35)36)26-13-7-9-22-8-3-6-12-25(22)26/h3,6-9,12-17,20,24H,4-5,10-11,18-19H2,1-2H3,(H,30,34). The molecule has 7 nitrogen and oxygen atoms in total. The highest BCUT2D eigenvalue weighted by molar-refractivity contribution is 7.92. The minimum Gasteiger partial charge on any atom is -0.352 e. The molecule has 2 amide bonds. The SMILES string of the molecule is CC(C(=O)NC1CCCC1)N(Cc1ccc(Cl)cc1)C(=O)CN(c1cccc2ccccc12)S(C)(=O)=O. The van der Waals surface area contributed by atoms with Gasteiger partial charge in [0, 0.05) is 23.0 Å². The average Bonchev–Trinajstić information content (AvgIpc) is 3.38. The molecule has 1 N–H and O–H groups in total. The van der Waals surface area contributed by atoms with Gasteiger partial charge in [-0.05, 0) is 48.9 Å². The molecule has 4 rings (SSSR count). The fourth-order valence-corrected chi connectivity index (χ4v) is 5.77. The van der Waals surface area contributed by atoms with Gasteiger partial charge in [0.25, 0.3) is 0 Å². The number of hydrogen-bond donors (Lipinski definition) is 1. The molecule has 0 heterocycles. The van der Waals surface area contributed by atoms with E-state index in [9.17, 15) is 18.0 Å². The molecule has 0 aliphatic heterocycles. The van der Waals surface area contributed by atoms with Crippen LogP contribution in [0.25, 0.3) is 10.8 Å². The lowest BCUT2D eigenvalue weighted by atomic mass is 10.1. The molecule has 0 aromatic heterocycles. The molecule has 37 heavy (non-hydrogen) atoms. The quantitative estimate of drug-likeness (QED) is 0.424. The number of carbonyl (C=O) groups excluding carboxylic acids is 2. The highest BCUT2D eigenvalue weighted by atomic mass is 35.5. The van der Waals surface area contributed by atoms with E-state index in [1.807, 2.05) is 30.3 Å². The molecule has 0 saturated heterocycles. The molecular formula is C28H32ClN3O4S. The number of rotatable bonds is 9. The minimum atomic E-state index is -3.81. The molecule has 0 bridgehead atoms. The second kappa shape index (κ2) is 11.5. The van der Waals surface area contributed by atoms with Crippen LogP contribution in [-0.2, 0) is 26.2 Å². The van der Waals surface area contributed by atoms with Crippen LogP contribution < -0.4 is 9.62 Å². The molecule has 1 fully saturated rings. The van der Waals surface area contributed by atoms with E-state index in [1.165, 1.54) is 4.90 Å². The van der Waals surface area contributed by atoms with E-state index < -0.39 is 28.5 Å². The van der Waals surface area contributed by atoms with Crippen LogP contribution in [0, 0.1) is 0 Å². The third-order valence-corrected chi connectivity index (χ3v) is 8.23. The molecule has 196 valence electrons. The zero-order valence-electron chi connectivity index (χ0n) is 21.1. The Kier molecular flexibility index (Phi) is 8.39. The van der Waals surface area contributed by atoms with Crippen molar-refractivity contribution in [3.63, 3.8) is 0 Å². The number of nitrogens with one attached hydrogen (secondary N) is 1. The molecule has 0 radical (unpaired) electrons. The molecule has 9 heteroatoms. The third kappa shape index (κ3) is 6.62. The number of sulfonamides is 1. The maximum absolute atomic E-state index is 13.8. The first-order valence-corrected chi connectivity index (χ1v) is 14.7. The van der Waals surface area contributed by atoms with Gasteiger partial charge in [-0.25, -0.2) is 8.42 Å². The van der Waals surface area contributed by atoms with E-state index in [1.54, 1.807) is 43.3 Å². The minimum absolute atomic E-state index is 0.102. The Balaban J connectivity index is 1.65. The number of benzene rings is 3. The number of carbonyl (C=O) groups is 2. The van der Waals surface area contributed by atoms with Crippen LogP contribution in [0.15, 0.2) is 66.7 Å². The van der Waals surface area contributed by atoms with Crippen LogP contribution >= 0.6 is 11.6 Å². The Morgan fingerprint density at radius 3 is 2.32 bits per heavy atom. The third-order valence-electron chi connectivity index (χ3n) is 6.85. The highest BCUT2D eigenvalue weighted by Crippen LogP contribution is 2.29. The van der Waals surface area contributed by atoms with E-state index >= 15 is 0 Å². The van der Waals surface area contributed by atoms with E-state index in [4.69, 9.17) is 11.6 Å². The zero-order chi connectivity index (χ0) is 26.6. The highest BCUT2D eigenvalue weighted by Gasteiger charge is 2.31. The average molecular weight is 542 g/mol. The van der Waals surface area contributed by atoms with Crippen molar-refractivity contribution < 1.29 is 18.0 Å². The molecule has 1 aliphatic rings. The normalized spacial score (nSPS) is 14.9. The summed E-state index contributed by atoms with van der Waals surface area (Å²) in [6, 6.07) is 19.1. The predicted octanol–water partition coefficient (Wildman–Crippen LogP) is 4.74. The van der Waals surface area contributed by atoms with Crippen LogP contribution in [-0.4, -0.2) is 50.0 Å². The zero-order valence-corrected chi connectivity index (χ0v) is 22.6. The number of halogens is 1. The summed E-state index contributed by atoms with van der Waals surface area (Å²) in [5.74, 6) is -0.715. The lowest BCUT2D eigenvalue weighted by Gasteiger charge is -2.32. The first-order chi connectivity index (χ1) is 17.6. The fourth-order valence-electron chi connectivity index (χ4n) is 4.78. The van der Waals surface area contributed by atoms with Crippen LogP contribution in [0.5, 0.6) is 0 Å². The van der Waals surface area contributed by atoms with Gasteiger partial charge in [0.05, 0.1) is 11.9 Å². The van der Waals surface area contributed by atoms with Gasteiger partial charge in [-0.2, -0.15) is 0 Å². The molecule has 1 saturated carbocycles. The summed E-state index contributed by atoms with van der Waals surface area (Å²) in [4.78, 5) is 28.4. The summed E-state index contributed by atoms with van der Waals surface area (Å²) in [6.45, 7) is 1.39. The number of nitrogens with zero attached hydrogens (tertiary/aromatic N) is 2. The van der Waals surface area contributed by atoms with Crippen molar-refractivity contribution in [1.82, 2.24) is 10.2 Å². The van der Waals surface area contributed by atoms with Gasteiger partial charge in [-0.1, -0.05) is 73.0 Å². The Hall–Kier alpha value is -3.10. The van der Waals surface area contributed by atoms with Crippen LogP contribution in [0.4, 0.5) is 5.69 Å². The lowest BCUT2D eigenvalue weighted by molar-refractivity contribution is -0.139. The van der Waals surface area contributed by atoms with Gasteiger partial charge >= 0.3 is 0 Å². The fraction of sp³-hybridized carbons (Fsp3) is 0.357. The summed E-state index contributed by atoms with van der Waals surface area (Å²) in [7, 11) is -3.81. The first kappa shape index (κ1) is 26.9. The second-order valence-electron chi connectivity index (χ2n) is 9.58.